The maximum atomic E-state index is 15.5. The highest BCUT2D eigenvalue weighted by atomic mass is 19.1. The lowest BCUT2D eigenvalue weighted by Crippen LogP contribution is -2.33. The molecule has 4 aromatic rings. The number of rotatable bonds is 7. The zero-order valence-electron chi connectivity index (χ0n) is 17.5. The van der Waals surface area contributed by atoms with E-state index >= 15 is 4.39 Å². The van der Waals surface area contributed by atoms with Gasteiger partial charge in [-0.2, -0.15) is 0 Å². The summed E-state index contributed by atoms with van der Waals surface area (Å²) in [6, 6.07) is 16.7. The molecule has 2 aromatic carbocycles. The van der Waals surface area contributed by atoms with Crippen LogP contribution in [0.1, 0.15) is 36.3 Å². The molecule has 1 aliphatic heterocycles. The average molecular weight is 418 g/mol. The van der Waals surface area contributed by atoms with Gasteiger partial charge in [0.25, 0.3) is 0 Å². The molecule has 31 heavy (non-hydrogen) atoms. The zero-order chi connectivity index (χ0) is 21.0. The summed E-state index contributed by atoms with van der Waals surface area (Å²) in [6.45, 7) is 1.84. The first-order valence-electron chi connectivity index (χ1n) is 11.1. The summed E-state index contributed by atoms with van der Waals surface area (Å²) in [5.41, 5.74) is 4.51. The Bertz CT molecular complexity index is 1100. The molecule has 5 rings (SSSR count). The lowest BCUT2D eigenvalue weighted by Gasteiger charge is -2.28. The molecule has 2 unspecified atom stereocenters. The number of hydrogen-bond acceptors (Lipinski definition) is 3. The van der Waals surface area contributed by atoms with Crippen LogP contribution in [0.4, 0.5) is 4.39 Å². The summed E-state index contributed by atoms with van der Waals surface area (Å²) in [5.74, 6) is 0.259. The average Bonchev–Trinajstić information content (AvgIpc) is 3.50. The monoisotopic (exact) mass is 417 g/mol. The molecule has 0 aliphatic carbocycles. The molecule has 0 saturated carbocycles. The van der Waals surface area contributed by atoms with Crippen molar-refractivity contribution < 1.29 is 4.39 Å². The number of fused-ring (bicyclic) bond motifs is 1. The number of nitrogens with zero attached hydrogens (tertiary/aromatic N) is 3. The van der Waals surface area contributed by atoms with Crippen molar-refractivity contribution >= 4 is 10.9 Å². The largest absolute Gasteiger partial charge is 0.361 e. The van der Waals surface area contributed by atoms with E-state index in [2.05, 4.69) is 63.1 Å². The number of H-pyrrole nitrogens is 1. The predicted octanol–water partition coefficient (Wildman–Crippen LogP) is 4.80. The van der Waals surface area contributed by atoms with E-state index in [1.165, 1.54) is 11.1 Å². The Balaban J connectivity index is 1.49. The van der Waals surface area contributed by atoms with E-state index < -0.39 is 6.17 Å². The van der Waals surface area contributed by atoms with Crippen molar-refractivity contribution in [2.24, 2.45) is 5.92 Å². The minimum absolute atomic E-state index is 0.109. The van der Waals surface area contributed by atoms with E-state index in [9.17, 15) is 0 Å². The molecule has 5 nitrogen and oxygen atoms in total. The second-order valence-electron chi connectivity index (χ2n) is 8.57. The van der Waals surface area contributed by atoms with Gasteiger partial charge in [-0.15, -0.1) is 10.2 Å². The Morgan fingerprint density at radius 2 is 1.81 bits per heavy atom. The highest BCUT2D eigenvalue weighted by Crippen LogP contribution is 2.36. The first kappa shape index (κ1) is 19.9. The number of halogens is 1. The fraction of sp³-hybridized carbons (Fsp3) is 0.360. The summed E-state index contributed by atoms with van der Waals surface area (Å²) in [6.07, 6.45) is 7.90. The van der Waals surface area contributed by atoms with Gasteiger partial charge < -0.3 is 10.3 Å². The minimum Gasteiger partial charge on any atom is -0.361 e. The Morgan fingerprint density at radius 1 is 1.03 bits per heavy atom. The third-order valence-corrected chi connectivity index (χ3v) is 6.58. The molecule has 6 heteroatoms. The molecule has 2 aromatic heterocycles. The van der Waals surface area contributed by atoms with E-state index in [1.807, 2.05) is 16.7 Å². The van der Waals surface area contributed by atoms with Crippen LogP contribution < -0.4 is 5.32 Å². The van der Waals surface area contributed by atoms with Gasteiger partial charge >= 0.3 is 0 Å². The maximum Gasteiger partial charge on any atom is 0.123 e. The second-order valence-corrected chi connectivity index (χ2v) is 8.57. The van der Waals surface area contributed by atoms with Crippen molar-refractivity contribution in [3.05, 3.63) is 78.5 Å². The number of hydrogen-bond donors (Lipinski definition) is 2. The Labute approximate surface area is 181 Å². The molecule has 0 radical (unpaired) electrons. The van der Waals surface area contributed by atoms with E-state index in [0.29, 0.717) is 6.42 Å². The van der Waals surface area contributed by atoms with Crippen LogP contribution in [0, 0.1) is 5.92 Å². The van der Waals surface area contributed by atoms with E-state index in [4.69, 9.17) is 0 Å². The van der Waals surface area contributed by atoms with Crippen LogP contribution in [0.25, 0.3) is 16.6 Å². The van der Waals surface area contributed by atoms with Crippen molar-refractivity contribution in [3.63, 3.8) is 0 Å². The molecule has 1 saturated heterocycles. The van der Waals surface area contributed by atoms with Gasteiger partial charge in [0.2, 0.25) is 0 Å². The number of aromatic amines is 1. The Hall–Kier alpha value is -2.99. The fourth-order valence-electron chi connectivity index (χ4n) is 4.85. The van der Waals surface area contributed by atoms with Gasteiger partial charge in [0.05, 0.1) is 0 Å². The van der Waals surface area contributed by atoms with Crippen molar-refractivity contribution in [1.82, 2.24) is 25.1 Å². The molecule has 0 amide bonds. The van der Waals surface area contributed by atoms with Gasteiger partial charge in [-0.25, -0.2) is 4.39 Å². The van der Waals surface area contributed by atoms with Gasteiger partial charge in [0, 0.05) is 22.8 Å². The van der Waals surface area contributed by atoms with Crippen LogP contribution in [0.15, 0.2) is 67.4 Å². The van der Waals surface area contributed by atoms with Crippen molar-refractivity contribution in [2.45, 2.75) is 37.8 Å². The number of aromatic nitrogens is 4. The maximum absolute atomic E-state index is 15.5. The topological polar surface area (TPSA) is 58.5 Å². The van der Waals surface area contributed by atoms with Crippen LogP contribution in [-0.4, -0.2) is 39.0 Å². The lowest BCUT2D eigenvalue weighted by atomic mass is 9.82. The van der Waals surface area contributed by atoms with Crippen LogP contribution in [-0.2, 0) is 6.42 Å². The number of piperidine rings is 1. The van der Waals surface area contributed by atoms with Crippen LogP contribution in [0.2, 0.25) is 0 Å². The van der Waals surface area contributed by atoms with Crippen LogP contribution >= 0.6 is 0 Å². The molecule has 160 valence electrons. The molecule has 1 fully saturated rings. The summed E-state index contributed by atoms with van der Waals surface area (Å²) < 4.78 is 17.4. The Morgan fingerprint density at radius 3 is 2.58 bits per heavy atom. The van der Waals surface area contributed by atoms with Gasteiger partial charge in [0.1, 0.15) is 18.8 Å². The smallest absolute Gasteiger partial charge is 0.123 e. The van der Waals surface area contributed by atoms with E-state index in [1.54, 1.807) is 12.7 Å². The number of nitrogens with one attached hydrogen (secondary N) is 2. The van der Waals surface area contributed by atoms with Crippen LogP contribution in [0.5, 0.6) is 0 Å². The summed E-state index contributed by atoms with van der Waals surface area (Å²) in [5, 5.41) is 12.3. The molecular weight excluding hydrogens is 389 g/mol. The van der Waals surface area contributed by atoms with Gasteiger partial charge in [-0.3, -0.25) is 4.57 Å². The zero-order valence-corrected chi connectivity index (χ0v) is 17.5. The summed E-state index contributed by atoms with van der Waals surface area (Å²) in [4.78, 5) is 3.41. The van der Waals surface area contributed by atoms with Crippen molar-refractivity contribution in [3.8, 4) is 5.69 Å². The summed E-state index contributed by atoms with van der Waals surface area (Å²) in [7, 11) is 0. The molecule has 0 spiro atoms. The molecule has 3 heterocycles. The fourth-order valence-corrected chi connectivity index (χ4v) is 4.85. The SMILES string of the molecule is FC(CC(Cc1ccccc1)c1c[nH]c2ccc(-n3cnnc3)cc12)C1CCNCC1. The minimum atomic E-state index is -0.790. The quantitative estimate of drug-likeness (QED) is 0.454. The predicted molar refractivity (Wildman–Crippen MR) is 121 cm³/mol. The summed E-state index contributed by atoms with van der Waals surface area (Å²) >= 11 is 0. The third-order valence-electron chi connectivity index (χ3n) is 6.58. The normalized spacial score (nSPS) is 17.1. The molecular formula is C25H28FN5. The molecule has 2 atom stereocenters. The van der Waals surface area contributed by atoms with E-state index in [-0.39, 0.29) is 11.8 Å². The second kappa shape index (κ2) is 9.02. The molecule has 1 aliphatic rings. The van der Waals surface area contributed by atoms with Crippen LogP contribution in [0.3, 0.4) is 0 Å². The standard InChI is InChI=1S/C25H28FN5/c26-24(19-8-10-27-11-9-19)13-20(12-18-4-2-1-3-5-18)23-15-28-25-7-6-21(14-22(23)25)31-16-29-30-17-31/h1-7,14-17,19-20,24,27-28H,8-13H2. The van der Waals surface area contributed by atoms with Gasteiger partial charge in [-0.05, 0) is 79.9 Å². The first-order valence-corrected chi connectivity index (χ1v) is 11.1. The highest BCUT2D eigenvalue weighted by Gasteiger charge is 2.28. The Kier molecular flexibility index (Phi) is 5.80. The lowest BCUT2D eigenvalue weighted by molar-refractivity contribution is 0.168. The van der Waals surface area contributed by atoms with Gasteiger partial charge in [0.15, 0.2) is 0 Å². The molecule has 2 N–H and O–H groups in total. The number of alkyl halides is 1. The van der Waals surface area contributed by atoms with Crippen molar-refractivity contribution in [2.75, 3.05) is 13.1 Å². The third kappa shape index (κ3) is 4.39. The first-order chi connectivity index (χ1) is 15.3. The van der Waals surface area contributed by atoms with Crippen molar-refractivity contribution in [1.29, 1.82) is 0 Å². The number of benzene rings is 2. The van der Waals surface area contributed by atoms with Gasteiger partial charge in [-0.1, -0.05) is 30.3 Å². The van der Waals surface area contributed by atoms with E-state index in [0.717, 1.165) is 48.9 Å². The molecule has 0 bridgehead atoms. The highest BCUT2D eigenvalue weighted by molar-refractivity contribution is 5.85.